The largest absolute Gasteiger partial charge is 0.287 e. The van der Waals surface area contributed by atoms with Crippen molar-refractivity contribution in [2.45, 2.75) is 39.7 Å². The molecule has 0 bridgehead atoms. The zero-order chi connectivity index (χ0) is 20.0. The van der Waals surface area contributed by atoms with Gasteiger partial charge in [-0.25, -0.2) is 14.6 Å². The number of hydrogen-bond acceptors (Lipinski definition) is 5. The first-order valence-corrected chi connectivity index (χ1v) is 10.2. The van der Waals surface area contributed by atoms with Gasteiger partial charge in [-0.2, -0.15) is 5.10 Å². The fraction of sp³-hybridized carbons (Fsp3) is 0.333. The summed E-state index contributed by atoms with van der Waals surface area (Å²) in [4.78, 5) is 24.4. The summed E-state index contributed by atoms with van der Waals surface area (Å²) < 4.78 is 2.93. The van der Waals surface area contributed by atoms with Crippen molar-refractivity contribution in [1.82, 2.24) is 19.7 Å². The van der Waals surface area contributed by atoms with E-state index in [4.69, 9.17) is 4.98 Å². The minimum Gasteiger partial charge on any atom is -0.287 e. The fourth-order valence-corrected chi connectivity index (χ4v) is 4.08. The van der Waals surface area contributed by atoms with E-state index in [1.807, 2.05) is 35.0 Å². The van der Waals surface area contributed by atoms with Crippen molar-refractivity contribution in [1.29, 1.82) is 0 Å². The normalized spacial score (nSPS) is 11.8. The zero-order valence-electron chi connectivity index (χ0n) is 16.7. The molecule has 1 aromatic carbocycles. The Hall–Kier alpha value is -2.80. The van der Waals surface area contributed by atoms with Crippen LogP contribution in [0.15, 0.2) is 36.5 Å². The van der Waals surface area contributed by atoms with Crippen LogP contribution in [0.25, 0.3) is 21.3 Å². The number of nitrogens with zero attached hydrogens (tertiary/aromatic N) is 5. The van der Waals surface area contributed by atoms with E-state index >= 15 is 0 Å². The second-order valence-electron chi connectivity index (χ2n) is 7.50. The summed E-state index contributed by atoms with van der Waals surface area (Å²) in [6.45, 7) is 8.28. The van der Waals surface area contributed by atoms with Crippen LogP contribution in [0.2, 0.25) is 0 Å². The van der Waals surface area contributed by atoms with Gasteiger partial charge in [0.25, 0.3) is 5.91 Å². The third kappa shape index (κ3) is 3.05. The summed E-state index contributed by atoms with van der Waals surface area (Å²) >= 11 is 1.51. The number of aromatic nitrogens is 4. The maximum absolute atomic E-state index is 13.4. The summed E-state index contributed by atoms with van der Waals surface area (Å²) in [5, 5.41) is 5.93. The van der Waals surface area contributed by atoms with Gasteiger partial charge in [0.15, 0.2) is 10.8 Å². The lowest BCUT2D eigenvalue weighted by Crippen LogP contribution is -2.26. The van der Waals surface area contributed by atoms with Crippen LogP contribution in [0.4, 0.5) is 5.13 Å². The van der Waals surface area contributed by atoms with Gasteiger partial charge in [0.2, 0.25) is 0 Å². The Bertz CT molecular complexity index is 1140. The molecule has 0 fully saturated rings. The predicted molar refractivity (Wildman–Crippen MR) is 114 cm³/mol. The highest BCUT2D eigenvalue weighted by Gasteiger charge is 2.23. The fourth-order valence-electron chi connectivity index (χ4n) is 3.16. The molecule has 144 valence electrons. The molecule has 3 aromatic heterocycles. The zero-order valence-corrected chi connectivity index (χ0v) is 17.5. The minimum absolute atomic E-state index is 0.100. The number of pyridine rings is 1. The quantitative estimate of drug-likeness (QED) is 0.488. The molecular formula is C21H23N5OS. The number of para-hydroxylation sites is 1. The molecule has 0 N–H and O–H groups in total. The van der Waals surface area contributed by atoms with Crippen LogP contribution in [0.3, 0.4) is 0 Å². The molecular weight excluding hydrogens is 370 g/mol. The van der Waals surface area contributed by atoms with Gasteiger partial charge in [-0.3, -0.25) is 9.69 Å². The number of anilines is 1. The maximum atomic E-state index is 13.4. The van der Waals surface area contributed by atoms with Crippen molar-refractivity contribution in [2.75, 3.05) is 11.9 Å². The molecule has 0 aliphatic carbocycles. The van der Waals surface area contributed by atoms with Gasteiger partial charge in [0.05, 0.1) is 27.4 Å². The first-order chi connectivity index (χ1) is 13.4. The van der Waals surface area contributed by atoms with Crippen LogP contribution < -0.4 is 4.90 Å². The number of carbonyl (C=O) groups is 1. The standard InChI is InChI=1S/C21H23N5OS/c1-12(2)17-10-14(15-11-22-26(13(3)4)19(15)23-17)20(27)25(5)21-24-16-8-6-7-9-18(16)28-21/h6-13H,1-5H3. The van der Waals surface area contributed by atoms with E-state index in [0.29, 0.717) is 10.7 Å². The molecule has 0 unspecified atom stereocenters. The average molecular weight is 394 g/mol. The van der Waals surface area contributed by atoms with Crippen molar-refractivity contribution >= 4 is 43.6 Å². The minimum atomic E-state index is -0.100. The van der Waals surface area contributed by atoms with E-state index in [2.05, 4.69) is 37.8 Å². The smallest absolute Gasteiger partial charge is 0.260 e. The molecule has 0 atom stereocenters. The Morgan fingerprint density at radius 2 is 1.89 bits per heavy atom. The molecule has 4 aromatic rings. The first-order valence-electron chi connectivity index (χ1n) is 9.38. The van der Waals surface area contributed by atoms with Gasteiger partial charge in [0.1, 0.15) is 0 Å². The molecule has 3 heterocycles. The van der Waals surface area contributed by atoms with Crippen LogP contribution in [-0.4, -0.2) is 32.7 Å². The van der Waals surface area contributed by atoms with E-state index in [1.54, 1.807) is 18.1 Å². The Labute approximate surface area is 167 Å². The summed E-state index contributed by atoms with van der Waals surface area (Å²) in [5.74, 6) is 0.107. The molecule has 0 saturated carbocycles. The van der Waals surface area contributed by atoms with Crippen molar-refractivity contribution in [3.8, 4) is 0 Å². The molecule has 7 heteroatoms. The van der Waals surface area contributed by atoms with Gasteiger partial charge < -0.3 is 0 Å². The number of carbonyl (C=O) groups excluding carboxylic acids is 1. The van der Waals surface area contributed by atoms with Gasteiger partial charge in [-0.1, -0.05) is 37.3 Å². The highest BCUT2D eigenvalue weighted by atomic mass is 32.1. The first kappa shape index (κ1) is 18.6. The van der Waals surface area contributed by atoms with Crippen LogP contribution in [0, 0.1) is 0 Å². The van der Waals surface area contributed by atoms with E-state index < -0.39 is 0 Å². The summed E-state index contributed by atoms with van der Waals surface area (Å²) in [7, 11) is 1.77. The third-order valence-corrected chi connectivity index (χ3v) is 5.88. The number of thiazole rings is 1. The van der Waals surface area contributed by atoms with Crippen molar-refractivity contribution < 1.29 is 4.79 Å². The number of rotatable bonds is 4. The monoisotopic (exact) mass is 393 g/mol. The lowest BCUT2D eigenvalue weighted by molar-refractivity contribution is 0.0994. The Balaban J connectivity index is 1.83. The molecule has 0 radical (unpaired) electrons. The molecule has 0 aliphatic rings. The Kier molecular flexibility index (Phi) is 4.63. The molecule has 0 saturated heterocycles. The van der Waals surface area contributed by atoms with Crippen LogP contribution in [0.5, 0.6) is 0 Å². The van der Waals surface area contributed by atoms with E-state index in [-0.39, 0.29) is 17.9 Å². The van der Waals surface area contributed by atoms with Crippen molar-refractivity contribution in [3.05, 3.63) is 47.8 Å². The van der Waals surface area contributed by atoms with Gasteiger partial charge in [0, 0.05) is 18.8 Å². The van der Waals surface area contributed by atoms with Crippen LogP contribution >= 0.6 is 11.3 Å². The summed E-state index contributed by atoms with van der Waals surface area (Å²) in [5.41, 5.74) is 3.15. The van der Waals surface area contributed by atoms with E-state index in [9.17, 15) is 4.79 Å². The number of amides is 1. The molecule has 6 nitrogen and oxygen atoms in total. The van der Waals surface area contributed by atoms with Gasteiger partial charge in [-0.15, -0.1) is 0 Å². The molecule has 28 heavy (non-hydrogen) atoms. The number of benzene rings is 1. The summed E-state index contributed by atoms with van der Waals surface area (Å²) in [6.07, 6.45) is 1.74. The van der Waals surface area contributed by atoms with E-state index in [1.165, 1.54) is 11.3 Å². The van der Waals surface area contributed by atoms with Crippen LogP contribution in [-0.2, 0) is 0 Å². The molecule has 4 rings (SSSR count). The van der Waals surface area contributed by atoms with Gasteiger partial charge >= 0.3 is 0 Å². The number of fused-ring (bicyclic) bond motifs is 2. The molecule has 0 aliphatic heterocycles. The highest BCUT2D eigenvalue weighted by molar-refractivity contribution is 7.22. The topological polar surface area (TPSA) is 63.9 Å². The Morgan fingerprint density at radius 1 is 1.14 bits per heavy atom. The second kappa shape index (κ2) is 6.98. The van der Waals surface area contributed by atoms with Gasteiger partial charge in [-0.05, 0) is 38.0 Å². The highest BCUT2D eigenvalue weighted by Crippen LogP contribution is 2.30. The predicted octanol–water partition coefficient (Wildman–Crippen LogP) is 5.02. The Morgan fingerprint density at radius 3 is 2.57 bits per heavy atom. The maximum Gasteiger partial charge on any atom is 0.260 e. The third-order valence-electron chi connectivity index (χ3n) is 4.77. The number of hydrogen-bond donors (Lipinski definition) is 0. The summed E-state index contributed by atoms with van der Waals surface area (Å²) in [6, 6.07) is 9.97. The van der Waals surface area contributed by atoms with Crippen molar-refractivity contribution in [3.63, 3.8) is 0 Å². The van der Waals surface area contributed by atoms with Crippen LogP contribution in [0.1, 0.15) is 55.7 Å². The lowest BCUT2D eigenvalue weighted by Gasteiger charge is -2.16. The molecule has 0 spiro atoms. The second-order valence-corrected chi connectivity index (χ2v) is 8.51. The van der Waals surface area contributed by atoms with E-state index in [0.717, 1.165) is 26.9 Å². The lowest BCUT2D eigenvalue weighted by atomic mass is 10.0. The SMILES string of the molecule is CC(C)c1cc(C(=O)N(C)c2nc3ccccc3s2)c2cnn(C(C)C)c2n1. The molecule has 1 amide bonds. The van der Waals surface area contributed by atoms with Crippen molar-refractivity contribution in [2.24, 2.45) is 0 Å². The average Bonchev–Trinajstić information content (AvgIpc) is 3.29.